The molecular weight excluding hydrogens is 639 g/mol. The Morgan fingerprint density at radius 3 is 2.18 bits per heavy atom. The molecule has 1 aliphatic heterocycles. The van der Waals surface area contributed by atoms with E-state index in [-0.39, 0.29) is 44.9 Å². The summed E-state index contributed by atoms with van der Waals surface area (Å²) >= 11 is 0. The number of hydrogen-bond donors (Lipinski definition) is 10. The quantitative estimate of drug-likeness (QED) is 0.0417. The molecule has 1 saturated heterocycles. The zero-order chi connectivity index (χ0) is 36.0. The van der Waals surface area contributed by atoms with E-state index in [1.807, 2.05) is 50.2 Å². The van der Waals surface area contributed by atoms with Crippen molar-refractivity contribution in [3.8, 4) is 5.75 Å². The molecule has 0 unspecified atom stereocenters. The summed E-state index contributed by atoms with van der Waals surface area (Å²) in [6.45, 7) is -0.235. The molecule has 15 nitrogen and oxygen atoms in total. The summed E-state index contributed by atoms with van der Waals surface area (Å²) < 4.78 is 0. The minimum atomic E-state index is -1.15. The number of phenols is 1. The predicted molar refractivity (Wildman–Crippen MR) is 195 cm³/mol. The normalized spacial score (nSPS) is 20.5. The molecule has 4 atom stereocenters. The number of nitrogens with one attached hydrogen (secondary N) is 8. The molecule has 18 heteroatoms. The number of guanidine groups is 1. The minimum Gasteiger partial charge on any atom is -0.508 e. The van der Waals surface area contributed by atoms with Crippen LogP contribution in [0.3, 0.4) is 0 Å². The predicted octanol–water partition coefficient (Wildman–Crippen LogP) is -3.54. The maximum atomic E-state index is 13.8. The van der Waals surface area contributed by atoms with Gasteiger partial charge in [0.25, 0.3) is 0 Å². The molecule has 0 saturated carbocycles. The van der Waals surface area contributed by atoms with Crippen LogP contribution in [0.15, 0.2) is 66.7 Å². The largest absolute Gasteiger partial charge is 0.508 e. The Bertz CT molecular complexity index is 1700. The molecule has 5 amide bonds. The Labute approximate surface area is 292 Å². The van der Waals surface area contributed by atoms with Crippen molar-refractivity contribution in [1.29, 1.82) is 5.41 Å². The smallest absolute Gasteiger partial charge is 0.243 e. The SMILES string of the molecule is BBNB[C@H]1NC(=O)[C@@H](Cc2ccc(O)cc2)NC(=O)CNC(=O)[C@H](Cc2ccc3ccccc3c2)NC(=O)[C@H](CCCNC(=N)N)NC1=O. The van der Waals surface area contributed by atoms with Gasteiger partial charge in [0.1, 0.15) is 31.2 Å². The maximum Gasteiger partial charge on any atom is 0.243 e. The molecule has 260 valence electrons. The second kappa shape index (κ2) is 18.3. The second-order valence-electron chi connectivity index (χ2n) is 12.1. The highest BCUT2D eigenvalue weighted by molar-refractivity contribution is 6.91. The van der Waals surface area contributed by atoms with E-state index in [4.69, 9.17) is 11.1 Å². The van der Waals surface area contributed by atoms with Crippen LogP contribution in [0.4, 0.5) is 0 Å². The summed E-state index contributed by atoms with van der Waals surface area (Å²) in [5.41, 5.74) is 6.79. The molecular formula is C32H42B3N9O6. The fraction of sp³-hybridized carbons (Fsp3) is 0.312. The van der Waals surface area contributed by atoms with Gasteiger partial charge < -0.3 is 47.9 Å². The molecule has 0 spiro atoms. The summed E-state index contributed by atoms with van der Waals surface area (Å²) in [6, 6.07) is 16.1. The van der Waals surface area contributed by atoms with Crippen LogP contribution in [-0.2, 0) is 36.8 Å². The molecule has 0 aliphatic carbocycles. The van der Waals surface area contributed by atoms with E-state index < -0.39 is 60.1 Å². The van der Waals surface area contributed by atoms with Crippen molar-refractivity contribution in [2.45, 2.75) is 49.8 Å². The number of aromatic hydroxyl groups is 1. The van der Waals surface area contributed by atoms with Gasteiger partial charge in [-0.05, 0) is 46.9 Å². The number of carbonyl (C=O) groups is 5. The minimum absolute atomic E-state index is 0.0255. The lowest BCUT2D eigenvalue weighted by molar-refractivity contribution is -0.133. The number of nitrogens with two attached hydrogens (primary N) is 1. The lowest BCUT2D eigenvalue weighted by Crippen LogP contribution is -2.61. The van der Waals surface area contributed by atoms with Crippen LogP contribution in [0.2, 0.25) is 0 Å². The van der Waals surface area contributed by atoms with Crippen molar-refractivity contribution < 1.29 is 29.1 Å². The van der Waals surface area contributed by atoms with Crippen LogP contribution in [0.1, 0.15) is 24.0 Å². The Kier molecular flexibility index (Phi) is 13.7. The fourth-order valence-corrected chi connectivity index (χ4v) is 5.54. The van der Waals surface area contributed by atoms with E-state index in [0.29, 0.717) is 19.3 Å². The number of rotatable bonds is 11. The lowest BCUT2D eigenvalue weighted by Gasteiger charge is -2.26. The third kappa shape index (κ3) is 11.3. The standard InChI is InChI=1S/C32H42B3N9O6/c33-35-44-34-27-31(50)41-23(6-3-13-38-32(36)37)29(48)42-24(16-19-7-10-20-4-1-2-5-21(20)14-19)28(47)39-17-26(46)40-25(30(49)43-27)15-18-8-11-22(45)12-9-18/h1-2,4-5,7-12,14,23-25,27,34-35,44-45H,3,6,13,15-17,33H2,(H,39,47)(H,40,46)(H,41,50)(H,42,48)(H,43,49)(H4,36,37,38)/t23-,24-,25+,27-/m0/s1. The van der Waals surface area contributed by atoms with Gasteiger partial charge in [-0.1, -0.05) is 54.6 Å². The fourth-order valence-electron chi connectivity index (χ4n) is 5.54. The number of fused-ring (bicyclic) bond motifs is 1. The highest BCUT2D eigenvalue weighted by Crippen LogP contribution is 2.17. The van der Waals surface area contributed by atoms with Gasteiger partial charge in [0.05, 0.1) is 20.2 Å². The average Bonchev–Trinajstić information content (AvgIpc) is 3.09. The molecule has 1 aliphatic rings. The maximum absolute atomic E-state index is 13.8. The van der Waals surface area contributed by atoms with Gasteiger partial charge in [0.2, 0.25) is 37.0 Å². The lowest BCUT2D eigenvalue weighted by atomic mass is 9.61. The molecule has 0 aromatic heterocycles. The van der Waals surface area contributed by atoms with Crippen LogP contribution in [-0.4, -0.2) is 100 Å². The van der Waals surface area contributed by atoms with Gasteiger partial charge in [-0.2, -0.15) is 0 Å². The first kappa shape index (κ1) is 37.3. The average molecular weight is 681 g/mol. The molecule has 50 heavy (non-hydrogen) atoms. The Morgan fingerprint density at radius 2 is 1.46 bits per heavy atom. The van der Waals surface area contributed by atoms with Crippen molar-refractivity contribution in [2.75, 3.05) is 13.1 Å². The van der Waals surface area contributed by atoms with E-state index in [1.165, 1.54) is 12.1 Å². The summed E-state index contributed by atoms with van der Waals surface area (Å²) in [7, 11) is 2.34. The third-order valence-electron chi connectivity index (χ3n) is 8.19. The van der Waals surface area contributed by atoms with E-state index in [1.54, 1.807) is 12.1 Å². The van der Waals surface area contributed by atoms with Gasteiger partial charge in [0, 0.05) is 19.4 Å². The van der Waals surface area contributed by atoms with E-state index >= 15 is 0 Å². The van der Waals surface area contributed by atoms with Crippen molar-refractivity contribution in [3.63, 3.8) is 0 Å². The second-order valence-corrected chi connectivity index (χ2v) is 12.1. The van der Waals surface area contributed by atoms with Crippen molar-refractivity contribution in [2.24, 2.45) is 5.73 Å². The number of carbonyl (C=O) groups excluding carboxylic acids is 5. The molecule has 1 heterocycles. The molecule has 3 aromatic carbocycles. The molecule has 11 N–H and O–H groups in total. The van der Waals surface area contributed by atoms with Gasteiger partial charge in [0.15, 0.2) is 5.96 Å². The number of phenolic OH excluding ortho intramolecular Hbond substituents is 1. The highest BCUT2D eigenvalue weighted by atomic mass is 16.3. The van der Waals surface area contributed by atoms with Gasteiger partial charge in [-0.15, -0.1) is 0 Å². The molecule has 3 aromatic rings. The van der Waals surface area contributed by atoms with Crippen LogP contribution in [0, 0.1) is 5.41 Å². The summed E-state index contributed by atoms with van der Waals surface area (Å²) in [5.74, 6) is -4.60. The van der Waals surface area contributed by atoms with E-state index in [2.05, 4.69) is 37.0 Å². The Hall–Kier alpha value is -5.51. The Balaban J connectivity index is 1.66. The molecule has 0 bridgehead atoms. The highest BCUT2D eigenvalue weighted by Gasteiger charge is 2.32. The van der Waals surface area contributed by atoms with Crippen LogP contribution in [0.25, 0.3) is 10.8 Å². The number of amides is 5. The zero-order valence-corrected chi connectivity index (χ0v) is 27.9. The third-order valence-corrected chi connectivity index (χ3v) is 8.19. The molecule has 0 radical (unpaired) electrons. The van der Waals surface area contributed by atoms with Crippen LogP contribution in [0.5, 0.6) is 5.75 Å². The van der Waals surface area contributed by atoms with Crippen LogP contribution >= 0.6 is 0 Å². The first-order chi connectivity index (χ1) is 24.0. The first-order valence-electron chi connectivity index (χ1n) is 16.5. The summed E-state index contributed by atoms with van der Waals surface area (Å²) in [6.07, 6.45) is 0.561. The molecule has 1 fully saturated rings. The zero-order valence-electron chi connectivity index (χ0n) is 27.9. The number of hydrogen-bond acceptors (Lipinski definition) is 8. The number of benzene rings is 3. The Morgan fingerprint density at radius 1 is 0.820 bits per heavy atom. The van der Waals surface area contributed by atoms with Crippen LogP contribution < -0.4 is 42.8 Å². The summed E-state index contributed by atoms with van der Waals surface area (Å²) in [5, 5.41) is 38.3. The van der Waals surface area contributed by atoms with Crippen molar-refractivity contribution >= 4 is 68.7 Å². The van der Waals surface area contributed by atoms with Gasteiger partial charge in [-0.3, -0.25) is 29.4 Å². The summed E-state index contributed by atoms with van der Waals surface area (Å²) in [4.78, 5) is 67.9. The van der Waals surface area contributed by atoms with Crippen molar-refractivity contribution in [3.05, 3.63) is 77.9 Å². The van der Waals surface area contributed by atoms with E-state index in [9.17, 15) is 29.1 Å². The first-order valence-corrected chi connectivity index (χ1v) is 16.5. The van der Waals surface area contributed by atoms with Gasteiger partial charge >= 0.3 is 0 Å². The van der Waals surface area contributed by atoms with E-state index in [0.717, 1.165) is 16.3 Å². The monoisotopic (exact) mass is 681 g/mol. The molecule has 4 rings (SSSR count). The van der Waals surface area contributed by atoms with Gasteiger partial charge in [-0.25, -0.2) is 0 Å². The van der Waals surface area contributed by atoms with Crippen molar-refractivity contribution in [1.82, 2.24) is 37.0 Å². The topological polar surface area (TPSA) is 240 Å².